The van der Waals surface area contributed by atoms with Gasteiger partial charge in [-0.05, 0) is 56.9 Å². The quantitative estimate of drug-likeness (QED) is 0.739. The van der Waals surface area contributed by atoms with Gasteiger partial charge in [0.15, 0.2) is 0 Å². The topological polar surface area (TPSA) is 15.3 Å². The summed E-state index contributed by atoms with van der Waals surface area (Å²) in [7, 11) is 0. The molecule has 1 fully saturated rings. The van der Waals surface area contributed by atoms with E-state index in [4.69, 9.17) is 0 Å². The lowest BCUT2D eigenvalue weighted by atomic mass is 9.87. The molecular weight excluding hydrogens is 256 g/mol. The van der Waals surface area contributed by atoms with E-state index >= 15 is 0 Å². The molecule has 0 aromatic heterocycles. The highest BCUT2D eigenvalue weighted by Gasteiger charge is 2.13. The van der Waals surface area contributed by atoms with Gasteiger partial charge >= 0.3 is 0 Å². The van der Waals surface area contributed by atoms with Crippen molar-refractivity contribution >= 4 is 11.4 Å². The van der Waals surface area contributed by atoms with Gasteiger partial charge in [-0.3, -0.25) is 0 Å². The molecule has 0 saturated heterocycles. The molecule has 21 heavy (non-hydrogen) atoms. The number of aryl methyl sites for hydroxylation is 1. The second-order valence-corrected chi connectivity index (χ2v) is 6.39. The largest absolute Gasteiger partial charge is 0.385 e. The van der Waals surface area contributed by atoms with Crippen LogP contribution in [0.3, 0.4) is 0 Å². The van der Waals surface area contributed by atoms with Crippen molar-refractivity contribution in [3.05, 3.63) is 23.8 Å². The van der Waals surface area contributed by atoms with Crippen LogP contribution in [0.4, 0.5) is 11.4 Å². The fraction of sp³-hybridized carbons (Fsp3) is 0.684. The van der Waals surface area contributed by atoms with Gasteiger partial charge in [0.05, 0.1) is 0 Å². The van der Waals surface area contributed by atoms with E-state index in [-0.39, 0.29) is 0 Å². The van der Waals surface area contributed by atoms with Gasteiger partial charge in [0, 0.05) is 31.0 Å². The smallest absolute Gasteiger partial charge is 0.0371 e. The van der Waals surface area contributed by atoms with Crippen LogP contribution in [-0.4, -0.2) is 19.6 Å². The molecule has 0 unspecified atom stereocenters. The minimum Gasteiger partial charge on any atom is -0.385 e. The summed E-state index contributed by atoms with van der Waals surface area (Å²) in [6, 6.07) is 6.82. The van der Waals surface area contributed by atoms with E-state index in [1.54, 1.807) is 0 Å². The van der Waals surface area contributed by atoms with Crippen LogP contribution in [0, 0.1) is 12.8 Å². The first-order chi connectivity index (χ1) is 10.2. The van der Waals surface area contributed by atoms with Gasteiger partial charge in [-0.25, -0.2) is 0 Å². The van der Waals surface area contributed by atoms with Crippen molar-refractivity contribution in [3.63, 3.8) is 0 Å². The van der Waals surface area contributed by atoms with Gasteiger partial charge in [-0.2, -0.15) is 0 Å². The molecule has 0 spiro atoms. The zero-order valence-corrected chi connectivity index (χ0v) is 14.1. The number of hydrogen-bond donors (Lipinski definition) is 1. The standard InChI is InChI=1S/C19H32N2/c1-4-21(5-2)18-11-12-19(16(3)15-18)20-14-13-17-9-7-6-8-10-17/h11-12,15,17,20H,4-10,13-14H2,1-3H3. The first-order valence-corrected chi connectivity index (χ1v) is 8.84. The van der Waals surface area contributed by atoms with Gasteiger partial charge < -0.3 is 10.2 Å². The van der Waals surface area contributed by atoms with E-state index < -0.39 is 0 Å². The van der Waals surface area contributed by atoms with E-state index in [2.05, 4.69) is 49.2 Å². The molecule has 1 N–H and O–H groups in total. The molecule has 1 aromatic carbocycles. The van der Waals surface area contributed by atoms with E-state index in [9.17, 15) is 0 Å². The molecule has 118 valence electrons. The number of nitrogens with one attached hydrogen (secondary N) is 1. The molecule has 1 aliphatic carbocycles. The number of rotatable bonds is 7. The maximum atomic E-state index is 3.64. The highest BCUT2D eigenvalue weighted by Crippen LogP contribution is 2.27. The Morgan fingerprint density at radius 3 is 2.43 bits per heavy atom. The number of hydrogen-bond acceptors (Lipinski definition) is 2. The van der Waals surface area contributed by atoms with Crippen molar-refractivity contribution in [2.75, 3.05) is 29.9 Å². The summed E-state index contributed by atoms with van der Waals surface area (Å²) >= 11 is 0. The second kappa shape index (κ2) is 8.31. The zero-order valence-electron chi connectivity index (χ0n) is 14.1. The first-order valence-electron chi connectivity index (χ1n) is 8.84. The number of nitrogens with zero attached hydrogens (tertiary/aromatic N) is 1. The Labute approximate surface area is 130 Å². The van der Waals surface area contributed by atoms with E-state index in [0.717, 1.165) is 25.6 Å². The minimum atomic E-state index is 0.960. The minimum absolute atomic E-state index is 0.960. The molecule has 2 rings (SSSR count). The van der Waals surface area contributed by atoms with Crippen molar-refractivity contribution < 1.29 is 0 Å². The Balaban J connectivity index is 1.85. The van der Waals surface area contributed by atoms with Crippen LogP contribution < -0.4 is 10.2 Å². The molecule has 2 heteroatoms. The van der Waals surface area contributed by atoms with Crippen molar-refractivity contribution in [3.8, 4) is 0 Å². The average Bonchev–Trinajstić information content (AvgIpc) is 2.51. The molecular formula is C19H32N2. The summed E-state index contributed by atoms with van der Waals surface area (Å²) in [6.45, 7) is 9.92. The average molecular weight is 288 g/mol. The third kappa shape index (κ3) is 4.66. The molecule has 2 nitrogen and oxygen atoms in total. The van der Waals surface area contributed by atoms with Crippen LogP contribution in [-0.2, 0) is 0 Å². The van der Waals surface area contributed by atoms with Crippen LogP contribution >= 0.6 is 0 Å². The number of benzene rings is 1. The van der Waals surface area contributed by atoms with Crippen molar-refractivity contribution in [2.45, 2.75) is 59.3 Å². The normalized spacial score (nSPS) is 16.0. The molecule has 0 atom stereocenters. The lowest BCUT2D eigenvalue weighted by Gasteiger charge is -2.23. The molecule has 0 radical (unpaired) electrons. The van der Waals surface area contributed by atoms with Gasteiger partial charge in [-0.1, -0.05) is 32.1 Å². The summed E-state index contributed by atoms with van der Waals surface area (Å²) in [5.74, 6) is 0.960. The summed E-state index contributed by atoms with van der Waals surface area (Å²) in [5.41, 5.74) is 4.01. The highest BCUT2D eigenvalue weighted by molar-refractivity contribution is 5.60. The Hall–Kier alpha value is -1.18. The highest BCUT2D eigenvalue weighted by atomic mass is 15.1. The molecule has 0 bridgehead atoms. The summed E-state index contributed by atoms with van der Waals surface area (Å²) in [4.78, 5) is 2.40. The third-order valence-corrected chi connectivity index (χ3v) is 4.93. The summed E-state index contributed by atoms with van der Waals surface area (Å²) in [6.07, 6.45) is 8.57. The Kier molecular flexibility index (Phi) is 6.41. The maximum absolute atomic E-state index is 3.64. The first kappa shape index (κ1) is 16.2. The molecule has 1 aliphatic rings. The van der Waals surface area contributed by atoms with E-state index in [1.165, 1.54) is 55.5 Å². The van der Waals surface area contributed by atoms with Crippen LogP contribution in [0.15, 0.2) is 18.2 Å². The SMILES string of the molecule is CCN(CC)c1ccc(NCCC2CCCCC2)c(C)c1. The van der Waals surface area contributed by atoms with Crippen LogP contribution in [0.5, 0.6) is 0 Å². The number of anilines is 2. The van der Waals surface area contributed by atoms with Crippen LogP contribution in [0.2, 0.25) is 0 Å². The van der Waals surface area contributed by atoms with Gasteiger partial charge in [-0.15, -0.1) is 0 Å². The van der Waals surface area contributed by atoms with Gasteiger partial charge in [0.1, 0.15) is 0 Å². The molecule has 1 aromatic rings. The monoisotopic (exact) mass is 288 g/mol. The zero-order chi connectivity index (χ0) is 15.1. The predicted octanol–water partition coefficient (Wildman–Crippen LogP) is 5.22. The van der Waals surface area contributed by atoms with E-state index in [1.807, 2.05) is 0 Å². The van der Waals surface area contributed by atoms with Crippen molar-refractivity contribution in [2.24, 2.45) is 5.92 Å². The third-order valence-electron chi connectivity index (χ3n) is 4.93. The van der Waals surface area contributed by atoms with Crippen molar-refractivity contribution in [1.82, 2.24) is 0 Å². The Morgan fingerprint density at radius 2 is 1.81 bits per heavy atom. The lowest BCUT2D eigenvalue weighted by Crippen LogP contribution is -2.21. The van der Waals surface area contributed by atoms with Gasteiger partial charge in [0.25, 0.3) is 0 Å². The Morgan fingerprint density at radius 1 is 1.10 bits per heavy atom. The summed E-state index contributed by atoms with van der Waals surface area (Å²) in [5, 5.41) is 3.64. The lowest BCUT2D eigenvalue weighted by molar-refractivity contribution is 0.345. The van der Waals surface area contributed by atoms with Gasteiger partial charge in [0.2, 0.25) is 0 Å². The van der Waals surface area contributed by atoms with E-state index in [0.29, 0.717) is 0 Å². The maximum Gasteiger partial charge on any atom is 0.0371 e. The fourth-order valence-corrected chi connectivity index (χ4v) is 3.52. The molecule has 0 amide bonds. The van der Waals surface area contributed by atoms with Crippen LogP contribution in [0.1, 0.15) is 57.9 Å². The molecule has 0 aliphatic heterocycles. The predicted molar refractivity (Wildman–Crippen MR) is 94.4 cm³/mol. The second-order valence-electron chi connectivity index (χ2n) is 6.39. The molecule has 1 saturated carbocycles. The fourth-order valence-electron chi connectivity index (χ4n) is 3.52. The van der Waals surface area contributed by atoms with Crippen LogP contribution in [0.25, 0.3) is 0 Å². The molecule has 0 heterocycles. The summed E-state index contributed by atoms with van der Waals surface area (Å²) < 4.78 is 0. The Bertz CT molecular complexity index is 418. The van der Waals surface area contributed by atoms with Crippen molar-refractivity contribution in [1.29, 1.82) is 0 Å².